The summed E-state index contributed by atoms with van der Waals surface area (Å²) in [6.45, 7) is 12.0. The van der Waals surface area contributed by atoms with Crippen LogP contribution in [0, 0.1) is 5.41 Å². The number of hydrogen-bond acceptors (Lipinski definition) is 1. The van der Waals surface area contributed by atoms with Gasteiger partial charge in [-0.25, -0.2) is 0 Å². The minimum Gasteiger partial charge on any atom is -0.336 e. The molecule has 1 atom stereocenters. The zero-order valence-corrected chi connectivity index (χ0v) is 16.6. The van der Waals surface area contributed by atoms with Crippen LogP contribution in [0.15, 0.2) is 11.1 Å². The molecule has 0 unspecified atom stereocenters. The molecule has 2 nitrogen and oxygen atoms in total. The molecule has 1 heterocycles. The first-order chi connectivity index (χ1) is 10.9. The van der Waals surface area contributed by atoms with Gasteiger partial charge in [-0.2, -0.15) is 0 Å². The van der Waals surface area contributed by atoms with Gasteiger partial charge in [0.1, 0.15) is 0 Å². The van der Waals surface area contributed by atoms with Crippen LogP contribution in [0.25, 0.3) is 0 Å². The molecule has 0 aromatic rings. The maximum atomic E-state index is 12.9. The van der Waals surface area contributed by atoms with Crippen molar-refractivity contribution in [1.29, 1.82) is 0 Å². The van der Waals surface area contributed by atoms with E-state index < -0.39 is 0 Å². The van der Waals surface area contributed by atoms with E-state index in [1.165, 1.54) is 5.57 Å². The topological polar surface area (TPSA) is 20.3 Å². The third-order valence-corrected chi connectivity index (χ3v) is 5.28. The number of halogens is 1. The third kappa shape index (κ3) is 6.14. The van der Waals surface area contributed by atoms with E-state index in [-0.39, 0.29) is 5.41 Å². The number of carbonyl (C=O) groups excluding carboxylic acids is 1. The van der Waals surface area contributed by atoms with Crippen LogP contribution in [0.5, 0.6) is 0 Å². The van der Waals surface area contributed by atoms with Crippen LogP contribution in [0.4, 0.5) is 0 Å². The third-order valence-electron chi connectivity index (χ3n) is 5.10. The molecule has 23 heavy (non-hydrogen) atoms. The Hall–Kier alpha value is -0.500. The molecule has 0 saturated carbocycles. The fraction of sp³-hybridized carbons (Fsp3) is 0.850. The molecular weight excluding hydrogens is 306 g/mol. The van der Waals surface area contributed by atoms with E-state index in [9.17, 15) is 4.79 Å². The fourth-order valence-electron chi connectivity index (χ4n) is 3.63. The predicted molar refractivity (Wildman–Crippen MR) is 101 cm³/mol. The minimum absolute atomic E-state index is 0.277. The molecule has 0 aliphatic carbocycles. The minimum atomic E-state index is 0.277. The lowest BCUT2D eigenvalue weighted by molar-refractivity contribution is -0.130. The normalized spacial score (nSPS) is 19.7. The van der Waals surface area contributed by atoms with Gasteiger partial charge in [-0.05, 0) is 50.9 Å². The highest BCUT2D eigenvalue weighted by molar-refractivity contribution is 6.17. The number of carbonyl (C=O) groups is 1. The number of hydrogen-bond donors (Lipinski definition) is 0. The highest BCUT2D eigenvalue weighted by Gasteiger charge is 2.30. The van der Waals surface area contributed by atoms with Crippen molar-refractivity contribution < 1.29 is 4.79 Å². The summed E-state index contributed by atoms with van der Waals surface area (Å²) < 4.78 is 0. The molecule has 1 amide bonds. The maximum Gasteiger partial charge on any atom is 0.249 e. The maximum absolute atomic E-state index is 12.9. The van der Waals surface area contributed by atoms with Crippen molar-refractivity contribution in [2.24, 2.45) is 5.41 Å². The van der Waals surface area contributed by atoms with Crippen molar-refractivity contribution in [3.63, 3.8) is 0 Å². The molecule has 0 radical (unpaired) electrons. The molecule has 0 aromatic carbocycles. The number of nitrogens with zero attached hydrogens (tertiary/aromatic N) is 1. The van der Waals surface area contributed by atoms with Gasteiger partial charge in [-0.1, -0.05) is 46.1 Å². The molecule has 1 aliphatic heterocycles. The fourth-order valence-corrected chi connectivity index (χ4v) is 4.15. The van der Waals surface area contributed by atoms with Gasteiger partial charge in [0.2, 0.25) is 5.91 Å². The Kier molecular flexibility index (Phi) is 8.68. The molecule has 1 aliphatic rings. The highest BCUT2D eigenvalue weighted by Crippen LogP contribution is 2.32. The lowest BCUT2D eigenvalue weighted by atomic mass is 9.84. The summed E-state index contributed by atoms with van der Waals surface area (Å²) in [6.07, 6.45) is 8.53. The van der Waals surface area contributed by atoms with Gasteiger partial charge >= 0.3 is 0 Å². The predicted octanol–water partition coefficient (Wildman–Crippen LogP) is 5.94. The second-order valence-corrected chi connectivity index (χ2v) is 8.22. The Morgan fingerprint density at radius 3 is 2.39 bits per heavy atom. The van der Waals surface area contributed by atoms with Crippen LogP contribution in [-0.2, 0) is 4.79 Å². The molecule has 0 N–H and O–H groups in total. The van der Waals surface area contributed by atoms with E-state index in [0.29, 0.717) is 11.9 Å². The number of rotatable bonds is 10. The van der Waals surface area contributed by atoms with E-state index in [1.54, 1.807) is 0 Å². The van der Waals surface area contributed by atoms with Crippen molar-refractivity contribution in [2.75, 3.05) is 12.4 Å². The molecular formula is C20H36ClNO. The molecule has 0 aromatic heterocycles. The molecule has 0 bridgehead atoms. The molecule has 1 rings (SSSR count). The average Bonchev–Trinajstić information content (AvgIpc) is 2.46. The lowest BCUT2D eigenvalue weighted by Gasteiger charge is -2.37. The molecule has 134 valence electrons. The molecule has 0 spiro atoms. The zero-order valence-electron chi connectivity index (χ0n) is 15.9. The van der Waals surface area contributed by atoms with Crippen LogP contribution in [-0.4, -0.2) is 29.3 Å². The summed E-state index contributed by atoms with van der Waals surface area (Å²) >= 11 is 5.89. The standard InChI is InChI=1S/C20H36ClNO/c1-6-9-17-15-16(3)22(19(23)18(17)10-7-2)14-8-11-20(4,5)12-13-21/h16H,6-15H2,1-5H3/t16-/m1/s1. The van der Waals surface area contributed by atoms with E-state index in [4.69, 9.17) is 11.6 Å². The van der Waals surface area contributed by atoms with Gasteiger partial charge in [0, 0.05) is 24.0 Å². The van der Waals surface area contributed by atoms with Gasteiger partial charge < -0.3 is 4.90 Å². The summed E-state index contributed by atoms with van der Waals surface area (Å²) in [7, 11) is 0. The molecule has 0 saturated heterocycles. The van der Waals surface area contributed by atoms with Crippen LogP contribution < -0.4 is 0 Å². The van der Waals surface area contributed by atoms with Crippen LogP contribution in [0.3, 0.4) is 0 Å². The Labute approximate surface area is 148 Å². The quantitative estimate of drug-likeness (QED) is 0.450. The van der Waals surface area contributed by atoms with E-state index in [0.717, 1.165) is 69.4 Å². The molecule has 3 heteroatoms. The number of amides is 1. The Bertz CT molecular complexity index is 414. The SMILES string of the molecule is CCCC1=C(CCC)C(=O)N(CCCC(C)(C)CCCl)[C@H](C)C1. The van der Waals surface area contributed by atoms with Crippen molar-refractivity contribution in [2.45, 2.75) is 92.0 Å². The average molecular weight is 342 g/mol. The van der Waals surface area contributed by atoms with Gasteiger partial charge in [-0.15, -0.1) is 11.6 Å². The van der Waals surface area contributed by atoms with E-state index >= 15 is 0 Å². The molecule has 0 fully saturated rings. The second kappa shape index (κ2) is 9.71. The van der Waals surface area contributed by atoms with Crippen LogP contribution in [0.1, 0.15) is 86.0 Å². The van der Waals surface area contributed by atoms with Crippen LogP contribution >= 0.6 is 11.6 Å². The van der Waals surface area contributed by atoms with E-state index in [1.807, 2.05) is 0 Å². The van der Waals surface area contributed by atoms with Crippen molar-refractivity contribution in [3.05, 3.63) is 11.1 Å². The summed E-state index contributed by atoms with van der Waals surface area (Å²) in [5.41, 5.74) is 2.82. The monoisotopic (exact) mass is 341 g/mol. The van der Waals surface area contributed by atoms with Crippen molar-refractivity contribution in [1.82, 2.24) is 4.90 Å². The van der Waals surface area contributed by atoms with Crippen LogP contribution in [0.2, 0.25) is 0 Å². The summed E-state index contributed by atoms with van der Waals surface area (Å²) in [5.74, 6) is 1.03. The van der Waals surface area contributed by atoms with Gasteiger partial charge in [0.15, 0.2) is 0 Å². The largest absolute Gasteiger partial charge is 0.336 e. The first-order valence-electron chi connectivity index (χ1n) is 9.44. The Morgan fingerprint density at radius 1 is 1.17 bits per heavy atom. The smallest absolute Gasteiger partial charge is 0.249 e. The second-order valence-electron chi connectivity index (χ2n) is 7.84. The Balaban J connectivity index is 2.71. The first kappa shape index (κ1) is 20.5. The van der Waals surface area contributed by atoms with Crippen molar-refractivity contribution >= 4 is 17.5 Å². The highest BCUT2D eigenvalue weighted by atomic mass is 35.5. The van der Waals surface area contributed by atoms with Gasteiger partial charge in [-0.3, -0.25) is 4.79 Å². The lowest BCUT2D eigenvalue weighted by Crippen LogP contribution is -2.44. The summed E-state index contributed by atoms with van der Waals surface area (Å²) in [5, 5.41) is 0. The van der Waals surface area contributed by atoms with Crippen molar-refractivity contribution in [3.8, 4) is 0 Å². The van der Waals surface area contributed by atoms with E-state index in [2.05, 4.69) is 39.5 Å². The summed E-state index contributed by atoms with van der Waals surface area (Å²) in [4.78, 5) is 15.1. The number of alkyl halides is 1. The Morgan fingerprint density at radius 2 is 1.83 bits per heavy atom. The zero-order chi connectivity index (χ0) is 17.5. The van der Waals surface area contributed by atoms with Gasteiger partial charge in [0.05, 0.1) is 0 Å². The summed E-state index contributed by atoms with van der Waals surface area (Å²) in [6, 6.07) is 0.348. The first-order valence-corrected chi connectivity index (χ1v) is 9.97. The van der Waals surface area contributed by atoms with Gasteiger partial charge in [0.25, 0.3) is 0 Å².